The average molecular weight is 191 g/mol. The zero-order valence-electron chi connectivity index (χ0n) is 8.66. The summed E-state index contributed by atoms with van der Waals surface area (Å²) in [4.78, 5) is 6.47. The van der Waals surface area contributed by atoms with Crippen molar-refractivity contribution < 1.29 is 0 Å². The highest BCUT2D eigenvalue weighted by Crippen LogP contribution is 2.28. The van der Waals surface area contributed by atoms with E-state index < -0.39 is 0 Å². The summed E-state index contributed by atoms with van der Waals surface area (Å²) in [6, 6.07) is 0. The van der Waals surface area contributed by atoms with Crippen LogP contribution in [0.1, 0.15) is 24.8 Å². The van der Waals surface area contributed by atoms with Crippen molar-refractivity contribution in [2.75, 3.05) is 23.7 Å². The zero-order valence-corrected chi connectivity index (χ0v) is 8.66. The molecule has 0 amide bonds. The molecule has 1 fully saturated rings. The summed E-state index contributed by atoms with van der Waals surface area (Å²) in [5, 5.41) is 0. The maximum Gasteiger partial charge on any atom is 0.0741 e. The summed E-state index contributed by atoms with van der Waals surface area (Å²) in [7, 11) is 0. The molecule has 2 rings (SSSR count). The Morgan fingerprint density at radius 1 is 1.21 bits per heavy atom. The summed E-state index contributed by atoms with van der Waals surface area (Å²) >= 11 is 0. The van der Waals surface area contributed by atoms with Gasteiger partial charge in [0, 0.05) is 19.3 Å². The first kappa shape index (κ1) is 9.31. The molecule has 3 heteroatoms. The van der Waals surface area contributed by atoms with Crippen LogP contribution in [0.5, 0.6) is 0 Å². The molecule has 1 aliphatic rings. The summed E-state index contributed by atoms with van der Waals surface area (Å²) in [6.45, 7) is 4.34. The van der Waals surface area contributed by atoms with Crippen molar-refractivity contribution in [2.24, 2.45) is 0 Å². The fourth-order valence-electron chi connectivity index (χ4n) is 2.13. The van der Waals surface area contributed by atoms with E-state index in [0.29, 0.717) is 0 Å². The molecule has 0 aliphatic carbocycles. The Kier molecular flexibility index (Phi) is 2.57. The van der Waals surface area contributed by atoms with E-state index in [2.05, 4.69) is 16.8 Å². The summed E-state index contributed by atoms with van der Waals surface area (Å²) in [5.74, 6) is 0. The van der Waals surface area contributed by atoms with E-state index in [0.717, 1.165) is 18.8 Å². The fourth-order valence-corrected chi connectivity index (χ4v) is 2.13. The fraction of sp³-hybridized carbons (Fsp3) is 0.545. The molecule has 0 unspecified atom stereocenters. The van der Waals surface area contributed by atoms with Gasteiger partial charge >= 0.3 is 0 Å². The summed E-state index contributed by atoms with van der Waals surface area (Å²) < 4.78 is 0. The highest BCUT2D eigenvalue weighted by Gasteiger charge is 2.15. The smallest absolute Gasteiger partial charge is 0.0741 e. The van der Waals surface area contributed by atoms with Crippen molar-refractivity contribution in [3.05, 3.63) is 18.0 Å². The van der Waals surface area contributed by atoms with Crippen LogP contribution in [0.25, 0.3) is 0 Å². The Labute approximate surface area is 84.9 Å². The monoisotopic (exact) mass is 191 g/mol. The lowest BCUT2D eigenvalue weighted by molar-refractivity contribution is 0.577. The van der Waals surface area contributed by atoms with Gasteiger partial charge in [-0.15, -0.1) is 0 Å². The number of rotatable bonds is 1. The van der Waals surface area contributed by atoms with Crippen LogP contribution >= 0.6 is 0 Å². The van der Waals surface area contributed by atoms with Crippen LogP contribution in [0.2, 0.25) is 0 Å². The number of piperidine rings is 1. The summed E-state index contributed by atoms with van der Waals surface area (Å²) in [5.41, 5.74) is 9.14. The molecule has 1 aromatic rings. The van der Waals surface area contributed by atoms with Gasteiger partial charge in [-0.2, -0.15) is 0 Å². The largest absolute Gasteiger partial charge is 0.396 e. The van der Waals surface area contributed by atoms with Crippen LogP contribution in [0.3, 0.4) is 0 Å². The molecule has 1 saturated heterocycles. The second kappa shape index (κ2) is 3.86. The molecule has 0 aromatic carbocycles. The minimum atomic E-state index is 0.812. The normalized spacial score (nSPS) is 17.1. The van der Waals surface area contributed by atoms with Crippen molar-refractivity contribution in [2.45, 2.75) is 26.2 Å². The van der Waals surface area contributed by atoms with E-state index in [4.69, 9.17) is 5.73 Å². The van der Waals surface area contributed by atoms with E-state index in [1.807, 2.05) is 6.20 Å². The standard InChI is InChI=1S/C11H17N3/c1-9-7-13-8-10(12)11(9)14-5-3-2-4-6-14/h7-8H,2-6,12H2,1H3. The van der Waals surface area contributed by atoms with Crippen LogP contribution in [-0.4, -0.2) is 18.1 Å². The van der Waals surface area contributed by atoms with E-state index in [1.54, 1.807) is 6.20 Å². The van der Waals surface area contributed by atoms with Gasteiger partial charge in [0.1, 0.15) is 0 Å². The molecule has 2 heterocycles. The number of hydrogen-bond acceptors (Lipinski definition) is 3. The SMILES string of the molecule is Cc1cncc(N)c1N1CCCCC1. The van der Waals surface area contributed by atoms with Gasteiger partial charge in [0.05, 0.1) is 17.6 Å². The van der Waals surface area contributed by atoms with Gasteiger partial charge in [0.25, 0.3) is 0 Å². The van der Waals surface area contributed by atoms with Crippen molar-refractivity contribution in [3.8, 4) is 0 Å². The molecule has 0 atom stereocenters. The third-order valence-corrected chi connectivity index (χ3v) is 2.80. The zero-order chi connectivity index (χ0) is 9.97. The van der Waals surface area contributed by atoms with E-state index in [1.165, 1.54) is 30.5 Å². The molecule has 2 N–H and O–H groups in total. The molecular weight excluding hydrogens is 174 g/mol. The van der Waals surface area contributed by atoms with E-state index in [9.17, 15) is 0 Å². The van der Waals surface area contributed by atoms with Gasteiger partial charge in [-0.25, -0.2) is 0 Å². The lowest BCUT2D eigenvalue weighted by atomic mass is 10.1. The third kappa shape index (κ3) is 1.67. The Hall–Kier alpha value is -1.25. The molecule has 0 spiro atoms. The molecule has 0 bridgehead atoms. The quantitative estimate of drug-likeness (QED) is 0.738. The first-order chi connectivity index (χ1) is 6.79. The number of hydrogen-bond donors (Lipinski definition) is 1. The number of anilines is 2. The van der Waals surface area contributed by atoms with Gasteiger partial charge in [-0.3, -0.25) is 4.98 Å². The maximum absolute atomic E-state index is 5.95. The predicted octanol–water partition coefficient (Wildman–Crippen LogP) is 1.96. The van der Waals surface area contributed by atoms with Gasteiger partial charge in [-0.1, -0.05) is 0 Å². The van der Waals surface area contributed by atoms with Gasteiger partial charge < -0.3 is 10.6 Å². The lowest BCUT2D eigenvalue weighted by Crippen LogP contribution is -2.30. The highest BCUT2D eigenvalue weighted by atomic mass is 15.1. The Balaban J connectivity index is 2.29. The molecule has 0 radical (unpaired) electrons. The van der Waals surface area contributed by atoms with Crippen LogP contribution in [0, 0.1) is 6.92 Å². The molecule has 1 aliphatic heterocycles. The first-order valence-electron chi connectivity index (χ1n) is 5.24. The van der Waals surface area contributed by atoms with Crippen molar-refractivity contribution in [1.29, 1.82) is 0 Å². The lowest BCUT2D eigenvalue weighted by Gasteiger charge is -2.30. The van der Waals surface area contributed by atoms with Gasteiger partial charge in [-0.05, 0) is 31.7 Å². The number of aryl methyl sites for hydroxylation is 1. The molecule has 0 saturated carbocycles. The number of nitrogens with zero attached hydrogens (tertiary/aromatic N) is 2. The highest BCUT2D eigenvalue weighted by molar-refractivity contribution is 5.70. The van der Waals surface area contributed by atoms with Gasteiger partial charge in [0.2, 0.25) is 0 Å². The number of nitrogens with two attached hydrogens (primary N) is 1. The van der Waals surface area contributed by atoms with Crippen LogP contribution < -0.4 is 10.6 Å². The van der Waals surface area contributed by atoms with Crippen molar-refractivity contribution in [1.82, 2.24) is 4.98 Å². The third-order valence-electron chi connectivity index (χ3n) is 2.80. The Bertz CT molecular complexity index is 296. The van der Waals surface area contributed by atoms with Crippen LogP contribution in [0.4, 0.5) is 11.4 Å². The molecule has 1 aromatic heterocycles. The summed E-state index contributed by atoms with van der Waals surface area (Å²) in [6.07, 6.45) is 7.54. The second-order valence-corrected chi connectivity index (χ2v) is 3.94. The minimum absolute atomic E-state index is 0.812. The van der Waals surface area contributed by atoms with Crippen LogP contribution in [0.15, 0.2) is 12.4 Å². The Morgan fingerprint density at radius 3 is 2.57 bits per heavy atom. The van der Waals surface area contributed by atoms with Crippen LogP contribution in [-0.2, 0) is 0 Å². The van der Waals surface area contributed by atoms with E-state index in [-0.39, 0.29) is 0 Å². The topological polar surface area (TPSA) is 42.1 Å². The second-order valence-electron chi connectivity index (χ2n) is 3.94. The Morgan fingerprint density at radius 2 is 1.93 bits per heavy atom. The molecular formula is C11H17N3. The predicted molar refractivity (Wildman–Crippen MR) is 59.5 cm³/mol. The average Bonchev–Trinajstić information content (AvgIpc) is 2.19. The van der Waals surface area contributed by atoms with Gasteiger partial charge in [0.15, 0.2) is 0 Å². The molecule has 76 valence electrons. The van der Waals surface area contributed by atoms with E-state index >= 15 is 0 Å². The number of nitrogen functional groups attached to an aromatic ring is 1. The number of aromatic nitrogens is 1. The maximum atomic E-state index is 5.95. The first-order valence-corrected chi connectivity index (χ1v) is 5.24. The number of pyridine rings is 1. The van der Waals surface area contributed by atoms with Crippen molar-refractivity contribution in [3.63, 3.8) is 0 Å². The molecule has 14 heavy (non-hydrogen) atoms. The molecule has 3 nitrogen and oxygen atoms in total. The minimum Gasteiger partial charge on any atom is -0.396 e. The van der Waals surface area contributed by atoms with Crippen molar-refractivity contribution >= 4 is 11.4 Å².